The van der Waals surface area contributed by atoms with Gasteiger partial charge in [-0.15, -0.1) is 0 Å². The molecule has 0 bridgehead atoms. The van der Waals surface area contributed by atoms with Crippen LogP contribution in [-0.4, -0.2) is 29.0 Å². The molecule has 144 valence electrons. The van der Waals surface area contributed by atoms with Gasteiger partial charge < -0.3 is 5.32 Å². The molecule has 1 aliphatic carbocycles. The van der Waals surface area contributed by atoms with Crippen molar-refractivity contribution in [3.8, 4) is 0 Å². The molecule has 1 atom stereocenters. The average molecular weight is 399 g/mol. The lowest BCUT2D eigenvalue weighted by molar-refractivity contribution is -0.136. The van der Waals surface area contributed by atoms with Crippen LogP contribution >= 0.6 is 11.8 Å². The van der Waals surface area contributed by atoms with E-state index in [1.165, 1.54) is 17.3 Å². The van der Waals surface area contributed by atoms with Crippen LogP contribution in [0.25, 0.3) is 0 Å². The van der Waals surface area contributed by atoms with E-state index in [1.54, 1.807) is 5.01 Å². The number of thioether (sulfide) groups is 1. The summed E-state index contributed by atoms with van der Waals surface area (Å²) in [7, 11) is 0. The maximum atomic E-state index is 14.4. The number of amides is 1. The lowest BCUT2D eigenvalue weighted by atomic mass is 9.98. The minimum absolute atomic E-state index is 0.0671. The number of aryl methyl sites for hydroxylation is 1. The molecule has 3 aliphatic rings. The summed E-state index contributed by atoms with van der Waals surface area (Å²) in [6.07, 6.45) is 1.93. The molecular weight excluding hydrogens is 380 g/mol. The first-order chi connectivity index (χ1) is 13.6. The number of halogens is 2. The van der Waals surface area contributed by atoms with Crippen LogP contribution in [0.2, 0.25) is 0 Å². The Bertz CT molecular complexity index is 991. The molecular formula is C21H19F2N3OS. The largest absolute Gasteiger partial charge is 0.316 e. The summed E-state index contributed by atoms with van der Waals surface area (Å²) in [6, 6.07) is 11.4. The monoisotopic (exact) mass is 399 g/mol. The SMILES string of the molecule is O=C(CC1CNC1)N1N=C(c2cc(F)ccc2F)SC12CCc1ccccc12. The van der Waals surface area contributed by atoms with E-state index in [0.29, 0.717) is 23.8 Å². The molecule has 1 spiro atoms. The molecule has 4 nitrogen and oxygen atoms in total. The van der Waals surface area contributed by atoms with Crippen LogP contribution in [0.1, 0.15) is 29.5 Å². The van der Waals surface area contributed by atoms with E-state index in [4.69, 9.17) is 0 Å². The minimum atomic E-state index is -0.682. The summed E-state index contributed by atoms with van der Waals surface area (Å²) in [5, 5.41) is 9.62. The van der Waals surface area contributed by atoms with Crippen LogP contribution in [0.15, 0.2) is 47.6 Å². The van der Waals surface area contributed by atoms with Crippen LogP contribution in [0.5, 0.6) is 0 Å². The van der Waals surface area contributed by atoms with Crippen LogP contribution in [0, 0.1) is 17.6 Å². The minimum Gasteiger partial charge on any atom is -0.316 e. The van der Waals surface area contributed by atoms with E-state index in [9.17, 15) is 13.6 Å². The van der Waals surface area contributed by atoms with Gasteiger partial charge in [-0.2, -0.15) is 5.10 Å². The summed E-state index contributed by atoms with van der Waals surface area (Å²) in [5.41, 5.74) is 2.32. The number of hydrogen-bond donors (Lipinski definition) is 1. The van der Waals surface area contributed by atoms with Crippen molar-refractivity contribution in [1.29, 1.82) is 0 Å². The van der Waals surface area contributed by atoms with Crippen molar-refractivity contribution in [3.05, 3.63) is 70.8 Å². The number of nitrogens with one attached hydrogen (secondary N) is 1. The van der Waals surface area contributed by atoms with Gasteiger partial charge in [-0.3, -0.25) is 4.79 Å². The van der Waals surface area contributed by atoms with E-state index in [1.807, 2.05) is 18.2 Å². The van der Waals surface area contributed by atoms with E-state index in [-0.39, 0.29) is 11.5 Å². The second kappa shape index (κ2) is 6.67. The highest BCUT2D eigenvalue weighted by atomic mass is 32.2. The maximum Gasteiger partial charge on any atom is 0.244 e. The fourth-order valence-corrected chi connectivity index (χ4v) is 5.58. The second-order valence-electron chi connectivity index (χ2n) is 7.51. The van der Waals surface area contributed by atoms with Gasteiger partial charge >= 0.3 is 0 Å². The Morgan fingerprint density at radius 2 is 2.07 bits per heavy atom. The molecule has 1 unspecified atom stereocenters. The highest BCUT2D eigenvalue weighted by Gasteiger charge is 2.52. The number of carbonyl (C=O) groups excluding carboxylic acids is 1. The van der Waals surface area contributed by atoms with Crippen molar-refractivity contribution in [2.45, 2.75) is 24.1 Å². The van der Waals surface area contributed by atoms with E-state index in [2.05, 4.69) is 16.5 Å². The average Bonchev–Trinajstić information content (AvgIpc) is 3.23. The fourth-order valence-electron chi connectivity index (χ4n) is 4.13. The molecule has 0 saturated carbocycles. The number of carbonyl (C=O) groups is 1. The molecule has 0 radical (unpaired) electrons. The Kier molecular flexibility index (Phi) is 4.25. The highest BCUT2D eigenvalue weighted by molar-refractivity contribution is 8.15. The molecule has 2 heterocycles. The first kappa shape index (κ1) is 17.8. The number of hydrogen-bond acceptors (Lipinski definition) is 4. The van der Waals surface area contributed by atoms with Crippen LogP contribution in [0.3, 0.4) is 0 Å². The molecule has 28 heavy (non-hydrogen) atoms. The van der Waals surface area contributed by atoms with Gasteiger partial charge in [-0.25, -0.2) is 13.8 Å². The van der Waals surface area contributed by atoms with Gasteiger partial charge in [-0.1, -0.05) is 36.0 Å². The highest BCUT2D eigenvalue weighted by Crippen LogP contribution is 2.55. The molecule has 0 aromatic heterocycles. The topological polar surface area (TPSA) is 44.7 Å². The predicted octanol–water partition coefficient (Wildman–Crippen LogP) is 3.61. The van der Waals surface area contributed by atoms with Crippen molar-refractivity contribution in [1.82, 2.24) is 10.3 Å². The first-order valence-electron chi connectivity index (χ1n) is 9.42. The zero-order valence-electron chi connectivity index (χ0n) is 15.1. The molecule has 5 rings (SSSR count). The van der Waals surface area contributed by atoms with Gasteiger partial charge in [0, 0.05) is 12.0 Å². The standard InChI is InChI=1S/C21H19F2N3OS/c22-15-5-6-18(23)16(10-15)20-25-26(19(27)9-13-11-24-12-13)21(28-20)8-7-14-3-1-2-4-17(14)21/h1-6,10,13,24H,7-9,11-12H2. The third kappa shape index (κ3) is 2.76. The fraction of sp³-hybridized carbons (Fsp3) is 0.333. The summed E-state index contributed by atoms with van der Waals surface area (Å²) >= 11 is 1.36. The van der Waals surface area contributed by atoms with Crippen molar-refractivity contribution >= 4 is 22.7 Å². The Morgan fingerprint density at radius 3 is 2.86 bits per heavy atom. The Labute approximate surface area is 166 Å². The summed E-state index contributed by atoms with van der Waals surface area (Å²) in [6.45, 7) is 1.65. The molecule has 1 fully saturated rings. The molecule has 1 amide bonds. The molecule has 2 aromatic rings. The number of nitrogens with zero attached hydrogens (tertiary/aromatic N) is 2. The quantitative estimate of drug-likeness (QED) is 0.858. The van der Waals surface area contributed by atoms with Crippen LogP contribution in [0.4, 0.5) is 8.78 Å². The lowest BCUT2D eigenvalue weighted by Crippen LogP contribution is -2.47. The van der Waals surface area contributed by atoms with Gasteiger partial charge in [0.2, 0.25) is 5.91 Å². The lowest BCUT2D eigenvalue weighted by Gasteiger charge is -2.34. The number of fused-ring (bicyclic) bond motifs is 2. The summed E-state index contributed by atoms with van der Waals surface area (Å²) in [5.74, 6) is -0.823. The summed E-state index contributed by atoms with van der Waals surface area (Å²) in [4.78, 5) is 12.5. The van der Waals surface area contributed by atoms with E-state index < -0.39 is 16.5 Å². The Hall–Kier alpha value is -2.25. The van der Waals surface area contributed by atoms with Crippen LogP contribution in [-0.2, 0) is 16.1 Å². The third-order valence-electron chi connectivity index (χ3n) is 5.69. The number of hydrazone groups is 1. The van der Waals surface area contributed by atoms with Gasteiger partial charge in [0.05, 0.1) is 0 Å². The van der Waals surface area contributed by atoms with Crippen molar-refractivity contribution in [2.24, 2.45) is 11.0 Å². The van der Waals surface area contributed by atoms with Crippen molar-refractivity contribution < 1.29 is 13.6 Å². The molecule has 1 N–H and O–H groups in total. The van der Waals surface area contributed by atoms with Gasteiger partial charge in [0.1, 0.15) is 21.5 Å². The zero-order chi connectivity index (χ0) is 19.3. The zero-order valence-corrected chi connectivity index (χ0v) is 15.9. The van der Waals surface area contributed by atoms with Crippen molar-refractivity contribution in [2.75, 3.05) is 13.1 Å². The molecule has 2 aromatic carbocycles. The molecule has 1 saturated heterocycles. The Morgan fingerprint density at radius 1 is 1.25 bits per heavy atom. The van der Waals surface area contributed by atoms with Crippen LogP contribution < -0.4 is 5.32 Å². The van der Waals surface area contributed by atoms with Gasteiger partial charge in [0.25, 0.3) is 0 Å². The summed E-state index contributed by atoms with van der Waals surface area (Å²) < 4.78 is 28.2. The first-order valence-corrected chi connectivity index (χ1v) is 10.2. The smallest absolute Gasteiger partial charge is 0.244 e. The van der Waals surface area contributed by atoms with Gasteiger partial charge in [0.15, 0.2) is 0 Å². The van der Waals surface area contributed by atoms with E-state index in [0.717, 1.165) is 43.3 Å². The second-order valence-corrected chi connectivity index (χ2v) is 8.77. The predicted molar refractivity (Wildman–Crippen MR) is 105 cm³/mol. The normalized spacial score (nSPS) is 23.6. The van der Waals surface area contributed by atoms with Gasteiger partial charge in [-0.05, 0) is 61.2 Å². The maximum absolute atomic E-state index is 14.4. The van der Waals surface area contributed by atoms with E-state index >= 15 is 0 Å². The van der Waals surface area contributed by atoms with Crippen molar-refractivity contribution in [3.63, 3.8) is 0 Å². The Balaban J connectivity index is 1.57. The third-order valence-corrected chi connectivity index (χ3v) is 7.12. The number of rotatable bonds is 3. The number of benzene rings is 2. The molecule has 7 heteroatoms. The molecule has 2 aliphatic heterocycles.